The summed E-state index contributed by atoms with van der Waals surface area (Å²) in [4.78, 5) is 4.53. The number of nitrogens with zero attached hydrogens (tertiary/aromatic N) is 1. The average molecular weight is 302 g/mol. The molecule has 2 rings (SSSR count). The van der Waals surface area contributed by atoms with Crippen LogP contribution in [0.2, 0.25) is 0 Å². The lowest BCUT2D eigenvalue weighted by molar-refractivity contribution is 0.601. The lowest BCUT2D eigenvalue weighted by atomic mass is 10.2. The second kappa shape index (κ2) is 6.54. The van der Waals surface area contributed by atoms with Crippen molar-refractivity contribution >= 4 is 15.8 Å². The maximum atomic E-state index is 12.3. The molecule has 0 aliphatic rings. The van der Waals surface area contributed by atoms with Crippen LogP contribution in [-0.4, -0.2) is 13.4 Å². The minimum absolute atomic E-state index is 0.228. The van der Waals surface area contributed by atoms with Crippen LogP contribution >= 0.6 is 0 Å². The third kappa shape index (κ3) is 4.16. The van der Waals surface area contributed by atoms with Crippen LogP contribution in [0.4, 0.5) is 5.82 Å². The standard InChI is InChI=1S/C16H18N2O2S/c1-3-4-6-14-7-5-8-16(17-14)18-21(19,20)15-11-9-13(2)10-12-15/h3,5,7-12H,1,4,6H2,2H3,(H,17,18). The van der Waals surface area contributed by atoms with Crippen molar-refractivity contribution in [2.75, 3.05) is 4.72 Å². The zero-order valence-corrected chi connectivity index (χ0v) is 12.7. The van der Waals surface area contributed by atoms with Crippen molar-refractivity contribution in [2.24, 2.45) is 0 Å². The number of nitrogens with one attached hydrogen (secondary N) is 1. The molecule has 0 aliphatic heterocycles. The fraction of sp³-hybridized carbons (Fsp3) is 0.188. The Morgan fingerprint density at radius 1 is 1.19 bits per heavy atom. The molecule has 0 aliphatic carbocycles. The number of aryl methyl sites for hydroxylation is 2. The topological polar surface area (TPSA) is 59.1 Å². The van der Waals surface area contributed by atoms with Gasteiger partial charge in [-0.15, -0.1) is 6.58 Å². The third-order valence-electron chi connectivity index (χ3n) is 2.98. The summed E-state index contributed by atoms with van der Waals surface area (Å²) in [6.07, 6.45) is 3.36. The summed E-state index contributed by atoms with van der Waals surface area (Å²) >= 11 is 0. The first-order chi connectivity index (χ1) is 10.0. The first-order valence-corrected chi connectivity index (χ1v) is 8.16. The summed E-state index contributed by atoms with van der Waals surface area (Å²) in [6.45, 7) is 5.58. The van der Waals surface area contributed by atoms with E-state index in [2.05, 4.69) is 16.3 Å². The van der Waals surface area contributed by atoms with Gasteiger partial charge in [-0.1, -0.05) is 29.8 Å². The Morgan fingerprint density at radius 2 is 1.90 bits per heavy atom. The summed E-state index contributed by atoms with van der Waals surface area (Å²) in [6, 6.07) is 12.0. The lowest BCUT2D eigenvalue weighted by Crippen LogP contribution is -2.14. The highest BCUT2D eigenvalue weighted by atomic mass is 32.2. The normalized spacial score (nSPS) is 11.1. The molecule has 0 radical (unpaired) electrons. The molecule has 4 nitrogen and oxygen atoms in total. The zero-order valence-electron chi connectivity index (χ0n) is 11.9. The summed E-state index contributed by atoms with van der Waals surface area (Å²) in [5.74, 6) is 0.331. The van der Waals surface area contributed by atoms with Crippen LogP contribution in [-0.2, 0) is 16.4 Å². The first kappa shape index (κ1) is 15.3. The average Bonchev–Trinajstić information content (AvgIpc) is 2.45. The first-order valence-electron chi connectivity index (χ1n) is 6.67. The molecule has 0 bridgehead atoms. The molecule has 1 aromatic carbocycles. The highest BCUT2D eigenvalue weighted by Crippen LogP contribution is 2.15. The molecule has 0 fully saturated rings. The van der Waals surface area contributed by atoms with Crippen LogP contribution < -0.4 is 4.72 Å². The molecule has 1 aromatic heterocycles. The largest absolute Gasteiger partial charge is 0.263 e. The number of aromatic nitrogens is 1. The second-order valence-corrected chi connectivity index (χ2v) is 6.44. The van der Waals surface area contributed by atoms with Gasteiger partial charge < -0.3 is 0 Å². The minimum Gasteiger partial charge on any atom is -0.263 e. The summed E-state index contributed by atoms with van der Waals surface area (Å²) in [5.41, 5.74) is 1.84. The van der Waals surface area contributed by atoms with Crippen molar-refractivity contribution in [2.45, 2.75) is 24.7 Å². The fourth-order valence-corrected chi connectivity index (χ4v) is 2.84. The molecule has 0 atom stereocenters. The number of allylic oxidation sites excluding steroid dienone is 1. The van der Waals surface area contributed by atoms with Gasteiger partial charge >= 0.3 is 0 Å². The van der Waals surface area contributed by atoms with E-state index >= 15 is 0 Å². The number of rotatable bonds is 6. The Hall–Kier alpha value is -2.14. The van der Waals surface area contributed by atoms with E-state index in [0.717, 1.165) is 24.1 Å². The molecule has 2 aromatic rings. The maximum Gasteiger partial charge on any atom is 0.263 e. The van der Waals surface area contributed by atoms with Crippen LogP contribution in [0.25, 0.3) is 0 Å². The van der Waals surface area contributed by atoms with Gasteiger partial charge in [0.2, 0.25) is 0 Å². The van der Waals surface area contributed by atoms with Gasteiger partial charge in [0.05, 0.1) is 4.90 Å². The quantitative estimate of drug-likeness (QED) is 0.833. The SMILES string of the molecule is C=CCCc1cccc(NS(=O)(=O)c2ccc(C)cc2)n1. The van der Waals surface area contributed by atoms with E-state index in [4.69, 9.17) is 0 Å². The van der Waals surface area contributed by atoms with Crippen molar-refractivity contribution in [3.63, 3.8) is 0 Å². The molecular formula is C16H18N2O2S. The summed E-state index contributed by atoms with van der Waals surface area (Å²) < 4.78 is 27.0. The Morgan fingerprint density at radius 3 is 2.57 bits per heavy atom. The smallest absolute Gasteiger partial charge is 0.263 e. The number of benzene rings is 1. The Bertz CT molecular complexity index is 722. The third-order valence-corrected chi connectivity index (χ3v) is 4.35. The van der Waals surface area contributed by atoms with E-state index in [1.807, 2.05) is 19.1 Å². The fourth-order valence-electron chi connectivity index (χ4n) is 1.84. The number of anilines is 1. The van der Waals surface area contributed by atoms with Crippen molar-refractivity contribution < 1.29 is 8.42 Å². The molecule has 0 spiro atoms. The van der Waals surface area contributed by atoms with E-state index < -0.39 is 10.0 Å². The molecule has 0 saturated carbocycles. The molecule has 21 heavy (non-hydrogen) atoms. The van der Waals surface area contributed by atoms with Gasteiger partial charge in [-0.3, -0.25) is 4.72 Å². The molecule has 0 unspecified atom stereocenters. The van der Waals surface area contributed by atoms with Gasteiger partial charge in [0.25, 0.3) is 10.0 Å². The van der Waals surface area contributed by atoms with Gasteiger partial charge in [-0.05, 0) is 44.0 Å². The second-order valence-electron chi connectivity index (χ2n) is 4.76. The van der Waals surface area contributed by atoms with Crippen molar-refractivity contribution in [1.29, 1.82) is 0 Å². The molecule has 5 heteroatoms. The number of pyridine rings is 1. The summed E-state index contributed by atoms with van der Waals surface area (Å²) in [5, 5.41) is 0. The van der Waals surface area contributed by atoms with Gasteiger partial charge in [0.15, 0.2) is 0 Å². The number of hydrogen-bond acceptors (Lipinski definition) is 3. The van der Waals surface area contributed by atoms with Gasteiger partial charge in [-0.25, -0.2) is 13.4 Å². The predicted octanol–water partition coefficient (Wildman–Crippen LogP) is 3.31. The molecule has 1 heterocycles. The van der Waals surface area contributed by atoms with Crippen LogP contribution in [0, 0.1) is 6.92 Å². The molecule has 0 amide bonds. The monoisotopic (exact) mass is 302 g/mol. The van der Waals surface area contributed by atoms with Crippen LogP contribution in [0.5, 0.6) is 0 Å². The molecular weight excluding hydrogens is 284 g/mol. The van der Waals surface area contributed by atoms with Crippen molar-refractivity contribution in [3.8, 4) is 0 Å². The van der Waals surface area contributed by atoms with E-state index in [9.17, 15) is 8.42 Å². The van der Waals surface area contributed by atoms with E-state index in [1.54, 1.807) is 36.4 Å². The van der Waals surface area contributed by atoms with Crippen molar-refractivity contribution in [1.82, 2.24) is 4.98 Å². The lowest BCUT2D eigenvalue weighted by Gasteiger charge is -2.08. The Labute approximate surface area is 125 Å². The maximum absolute atomic E-state index is 12.3. The molecule has 0 saturated heterocycles. The number of hydrogen-bond donors (Lipinski definition) is 1. The minimum atomic E-state index is -3.60. The van der Waals surface area contributed by atoms with Crippen LogP contribution in [0.3, 0.4) is 0 Å². The Balaban J connectivity index is 2.20. The zero-order chi connectivity index (χ0) is 15.3. The highest BCUT2D eigenvalue weighted by molar-refractivity contribution is 7.92. The van der Waals surface area contributed by atoms with Gasteiger partial charge in [0, 0.05) is 5.69 Å². The molecule has 1 N–H and O–H groups in total. The van der Waals surface area contributed by atoms with E-state index in [-0.39, 0.29) is 4.90 Å². The van der Waals surface area contributed by atoms with Crippen LogP contribution in [0.15, 0.2) is 60.0 Å². The molecule has 110 valence electrons. The van der Waals surface area contributed by atoms with Crippen molar-refractivity contribution in [3.05, 3.63) is 66.4 Å². The predicted molar refractivity (Wildman–Crippen MR) is 84.7 cm³/mol. The summed E-state index contributed by atoms with van der Waals surface area (Å²) in [7, 11) is -3.60. The Kier molecular flexibility index (Phi) is 4.75. The van der Waals surface area contributed by atoms with Gasteiger partial charge in [0.1, 0.15) is 5.82 Å². The van der Waals surface area contributed by atoms with E-state index in [1.165, 1.54) is 0 Å². The van der Waals surface area contributed by atoms with E-state index in [0.29, 0.717) is 5.82 Å². The number of sulfonamides is 1. The highest BCUT2D eigenvalue weighted by Gasteiger charge is 2.14. The van der Waals surface area contributed by atoms with Crippen LogP contribution in [0.1, 0.15) is 17.7 Å². The van der Waals surface area contributed by atoms with Gasteiger partial charge in [-0.2, -0.15) is 0 Å².